The van der Waals surface area contributed by atoms with Crippen molar-refractivity contribution in [1.29, 1.82) is 0 Å². The molecule has 0 aliphatic carbocycles. The smallest absolute Gasteiger partial charge is 0.243 e. The summed E-state index contributed by atoms with van der Waals surface area (Å²) in [6.45, 7) is 1.95. The summed E-state index contributed by atoms with van der Waals surface area (Å²) < 4.78 is 0. The summed E-state index contributed by atoms with van der Waals surface area (Å²) in [6, 6.07) is 0. The van der Waals surface area contributed by atoms with Gasteiger partial charge in [0.1, 0.15) is 0 Å². The maximum Gasteiger partial charge on any atom is 0.243 e. The molecule has 0 aliphatic heterocycles. The number of rotatable bonds is 4. The van der Waals surface area contributed by atoms with Crippen molar-refractivity contribution in [1.82, 2.24) is 10.5 Å². The molecule has 0 bridgehead atoms. The predicted octanol–water partition coefficient (Wildman–Crippen LogP) is 1.06. The van der Waals surface area contributed by atoms with Gasteiger partial charge in [-0.05, 0) is 13.3 Å². The Morgan fingerprint density at radius 3 is 3.08 bits per heavy atom. The van der Waals surface area contributed by atoms with Crippen LogP contribution in [0.2, 0.25) is 0 Å². The van der Waals surface area contributed by atoms with Crippen molar-refractivity contribution in [3.05, 3.63) is 16.1 Å². The number of nitrogens with zero attached hydrogens (tertiary/aromatic N) is 1. The first-order valence-corrected chi connectivity index (χ1v) is 4.77. The molecule has 0 saturated heterocycles. The average Bonchev–Trinajstić information content (AvgIpc) is 2.49. The number of nitrogens with one attached hydrogen (secondary N) is 1. The standard InChI is InChI=1S/C8H12N2O2S/c1-6-9-5-7(13-6)3-4-8(11)10-12-2/h5H,3-4H2,1-2H3,(H,10,11). The lowest BCUT2D eigenvalue weighted by Gasteiger charge is -1.99. The number of thiazole rings is 1. The molecule has 0 aliphatic rings. The number of hydroxylamine groups is 1. The van der Waals surface area contributed by atoms with Crippen molar-refractivity contribution in [3.63, 3.8) is 0 Å². The van der Waals surface area contributed by atoms with Crippen LogP contribution in [0, 0.1) is 6.92 Å². The summed E-state index contributed by atoms with van der Waals surface area (Å²) >= 11 is 1.62. The number of hydrogen-bond acceptors (Lipinski definition) is 4. The molecule has 1 aromatic rings. The molecular formula is C8H12N2O2S. The minimum absolute atomic E-state index is 0.103. The van der Waals surface area contributed by atoms with Gasteiger partial charge >= 0.3 is 0 Å². The highest BCUT2D eigenvalue weighted by atomic mass is 32.1. The average molecular weight is 200 g/mol. The number of amides is 1. The highest BCUT2D eigenvalue weighted by Crippen LogP contribution is 2.13. The van der Waals surface area contributed by atoms with Crippen molar-refractivity contribution >= 4 is 17.2 Å². The molecule has 1 rings (SSSR count). The molecule has 0 saturated carbocycles. The van der Waals surface area contributed by atoms with E-state index in [9.17, 15) is 4.79 Å². The first-order valence-electron chi connectivity index (χ1n) is 3.95. The third kappa shape index (κ3) is 3.52. The lowest BCUT2D eigenvalue weighted by molar-refractivity contribution is -0.131. The van der Waals surface area contributed by atoms with Crippen molar-refractivity contribution < 1.29 is 9.63 Å². The van der Waals surface area contributed by atoms with Gasteiger partial charge in [0, 0.05) is 17.5 Å². The molecule has 1 aromatic heterocycles. The third-order valence-corrected chi connectivity index (χ3v) is 2.46. The van der Waals surface area contributed by atoms with E-state index in [1.165, 1.54) is 7.11 Å². The zero-order valence-corrected chi connectivity index (χ0v) is 8.48. The predicted molar refractivity (Wildman–Crippen MR) is 50.3 cm³/mol. The van der Waals surface area contributed by atoms with Gasteiger partial charge < -0.3 is 0 Å². The molecule has 1 heterocycles. The third-order valence-electron chi connectivity index (χ3n) is 1.48. The van der Waals surface area contributed by atoms with Gasteiger partial charge in [0.15, 0.2) is 0 Å². The van der Waals surface area contributed by atoms with Crippen LogP contribution in [0.5, 0.6) is 0 Å². The molecule has 0 fully saturated rings. The lowest BCUT2D eigenvalue weighted by Crippen LogP contribution is -2.21. The van der Waals surface area contributed by atoms with Gasteiger partial charge in [-0.2, -0.15) is 0 Å². The van der Waals surface area contributed by atoms with Crippen LogP contribution in [-0.2, 0) is 16.1 Å². The Bertz CT molecular complexity index is 285. The van der Waals surface area contributed by atoms with Crippen LogP contribution < -0.4 is 5.48 Å². The van der Waals surface area contributed by atoms with E-state index in [2.05, 4.69) is 15.3 Å². The van der Waals surface area contributed by atoms with Gasteiger partial charge in [0.05, 0.1) is 12.1 Å². The van der Waals surface area contributed by atoms with Crippen LogP contribution >= 0.6 is 11.3 Å². The fraction of sp³-hybridized carbons (Fsp3) is 0.500. The molecule has 72 valence electrons. The summed E-state index contributed by atoms with van der Waals surface area (Å²) in [5.74, 6) is -0.103. The maximum atomic E-state index is 11.0. The van der Waals surface area contributed by atoms with E-state index >= 15 is 0 Å². The number of aryl methyl sites for hydroxylation is 2. The van der Waals surface area contributed by atoms with E-state index < -0.39 is 0 Å². The Labute approximate surface area is 80.9 Å². The van der Waals surface area contributed by atoms with E-state index in [4.69, 9.17) is 0 Å². The molecule has 0 unspecified atom stereocenters. The van der Waals surface area contributed by atoms with Crippen LogP contribution in [0.4, 0.5) is 0 Å². The summed E-state index contributed by atoms with van der Waals surface area (Å²) in [4.78, 5) is 20.7. The van der Waals surface area contributed by atoms with Gasteiger partial charge in [-0.3, -0.25) is 9.63 Å². The first kappa shape index (κ1) is 10.1. The van der Waals surface area contributed by atoms with E-state index in [0.29, 0.717) is 6.42 Å². The zero-order chi connectivity index (χ0) is 9.68. The number of carbonyl (C=O) groups is 1. The Kier molecular flexibility index (Phi) is 3.85. The molecule has 1 N–H and O–H groups in total. The molecule has 0 spiro atoms. The second-order valence-corrected chi connectivity index (χ2v) is 3.89. The highest BCUT2D eigenvalue weighted by molar-refractivity contribution is 7.11. The van der Waals surface area contributed by atoms with Gasteiger partial charge in [-0.15, -0.1) is 11.3 Å². The first-order chi connectivity index (χ1) is 6.22. The second kappa shape index (κ2) is 4.94. The summed E-state index contributed by atoms with van der Waals surface area (Å²) in [5, 5.41) is 1.03. The van der Waals surface area contributed by atoms with E-state index in [1.54, 1.807) is 17.5 Å². The zero-order valence-electron chi connectivity index (χ0n) is 7.66. The molecule has 4 nitrogen and oxygen atoms in total. The van der Waals surface area contributed by atoms with Crippen molar-refractivity contribution in [2.45, 2.75) is 19.8 Å². The van der Waals surface area contributed by atoms with E-state index in [0.717, 1.165) is 16.3 Å². The largest absolute Gasteiger partial charge is 0.277 e. The van der Waals surface area contributed by atoms with Crippen LogP contribution in [0.25, 0.3) is 0 Å². The van der Waals surface area contributed by atoms with Crippen LogP contribution in [-0.4, -0.2) is 18.0 Å². The Hall–Kier alpha value is -0.940. The normalized spacial score (nSPS) is 10.0. The molecule has 0 atom stereocenters. The van der Waals surface area contributed by atoms with Crippen LogP contribution in [0.3, 0.4) is 0 Å². The monoisotopic (exact) mass is 200 g/mol. The summed E-state index contributed by atoms with van der Waals surface area (Å²) in [5.41, 5.74) is 2.27. The number of carbonyl (C=O) groups excluding carboxylic acids is 1. The van der Waals surface area contributed by atoms with Gasteiger partial charge in [0.2, 0.25) is 5.91 Å². The minimum atomic E-state index is -0.103. The van der Waals surface area contributed by atoms with Crippen molar-refractivity contribution in [3.8, 4) is 0 Å². The summed E-state index contributed by atoms with van der Waals surface area (Å²) in [6.07, 6.45) is 2.97. The highest BCUT2D eigenvalue weighted by Gasteiger charge is 2.03. The topological polar surface area (TPSA) is 51.2 Å². The van der Waals surface area contributed by atoms with Gasteiger partial charge in [-0.1, -0.05) is 0 Å². The molecule has 5 heteroatoms. The maximum absolute atomic E-state index is 11.0. The quantitative estimate of drug-likeness (QED) is 0.739. The molecule has 13 heavy (non-hydrogen) atoms. The SMILES string of the molecule is CONC(=O)CCc1cnc(C)s1. The lowest BCUT2D eigenvalue weighted by atomic mass is 10.3. The number of aromatic nitrogens is 1. The Morgan fingerprint density at radius 1 is 1.77 bits per heavy atom. The van der Waals surface area contributed by atoms with E-state index in [1.807, 2.05) is 6.92 Å². The summed E-state index contributed by atoms with van der Waals surface area (Å²) in [7, 11) is 1.43. The Morgan fingerprint density at radius 2 is 2.54 bits per heavy atom. The molecular weight excluding hydrogens is 188 g/mol. The fourth-order valence-electron chi connectivity index (χ4n) is 0.923. The fourth-order valence-corrected chi connectivity index (χ4v) is 1.72. The number of hydrogen-bond donors (Lipinski definition) is 1. The minimum Gasteiger partial charge on any atom is -0.277 e. The van der Waals surface area contributed by atoms with Crippen LogP contribution in [0.1, 0.15) is 16.3 Å². The van der Waals surface area contributed by atoms with Crippen molar-refractivity contribution in [2.75, 3.05) is 7.11 Å². The molecule has 0 radical (unpaired) electrons. The van der Waals surface area contributed by atoms with Gasteiger partial charge in [-0.25, -0.2) is 10.5 Å². The second-order valence-electron chi connectivity index (χ2n) is 2.57. The van der Waals surface area contributed by atoms with Gasteiger partial charge in [0.25, 0.3) is 0 Å². The van der Waals surface area contributed by atoms with Crippen molar-refractivity contribution in [2.24, 2.45) is 0 Å². The molecule has 0 aromatic carbocycles. The molecule has 1 amide bonds. The Balaban J connectivity index is 2.30. The van der Waals surface area contributed by atoms with E-state index in [-0.39, 0.29) is 5.91 Å². The van der Waals surface area contributed by atoms with Crippen LogP contribution in [0.15, 0.2) is 6.20 Å².